The number of fused-ring (bicyclic) bond motifs is 1. The number of H-pyrrole nitrogens is 1. The number of para-hydroxylation sites is 1. The van der Waals surface area contributed by atoms with Crippen LogP contribution in [-0.2, 0) is 4.79 Å². The molecule has 0 aliphatic heterocycles. The third-order valence-electron chi connectivity index (χ3n) is 3.28. The Hall–Kier alpha value is -2.14. The van der Waals surface area contributed by atoms with Crippen LogP contribution in [0.1, 0.15) is 17.3 Å². The van der Waals surface area contributed by atoms with Gasteiger partial charge in [-0.05, 0) is 20.0 Å². The van der Waals surface area contributed by atoms with Gasteiger partial charge in [0, 0.05) is 22.7 Å². The number of aromatic nitrogens is 1. The maximum Gasteiger partial charge on any atom is 0.317 e. The van der Waals surface area contributed by atoms with Crippen molar-refractivity contribution >= 4 is 22.7 Å². The molecule has 2 aromatic rings. The second-order valence-electron chi connectivity index (χ2n) is 4.60. The fourth-order valence-corrected chi connectivity index (χ4v) is 2.05. The quantitative estimate of drug-likeness (QED) is 0.803. The molecular weight excluding hydrogens is 244 g/mol. The fourth-order valence-electron chi connectivity index (χ4n) is 2.05. The highest BCUT2D eigenvalue weighted by Gasteiger charge is 2.23. The highest BCUT2D eigenvalue weighted by molar-refractivity contribution is 6.10. The number of aromatic amines is 1. The SMILES string of the molecule is CC(C(=O)c1c[nH]c2ccccc12)N(C)CC(=O)O. The summed E-state index contributed by atoms with van der Waals surface area (Å²) >= 11 is 0. The first-order chi connectivity index (χ1) is 9.00. The lowest BCUT2D eigenvalue weighted by molar-refractivity contribution is -0.138. The standard InChI is InChI=1S/C14H16N2O3/c1-9(16(2)8-13(17)18)14(19)11-7-15-12-6-4-3-5-10(11)12/h3-7,9,15H,8H2,1-2H3,(H,17,18). The number of ketones is 1. The van der Waals surface area contributed by atoms with Crippen LogP contribution in [-0.4, -0.2) is 46.4 Å². The molecule has 1 unspecified atom stereocenters. The molecule has 0 aliphatic carbocycles. The third kappa shape index (κ3) is 2.66. The van der Waals surface area contributed by atoms with E-state index < -0.39 is 12.0 Å². The molecular formula is C14H16N2O3. The molecule has 1 aromatic carbocycles. The molecule has 0 spiro atoms. The summed E-state index contributed by atoms with van der Waals surface area (Å²) in [6.45, 7) is 1.56. The van der Waals surface area contributed by atoms with Gasteiger partial charge >= 0.3 is 5.97 Å². The van der Waals surface area contributed by atoms with Crippen molar-refractivity contribution in [3.05, 3.63) is 36.0 Å². The third-order valence-corrected chi connectivity index (χ3v) is 3.28. The van der Waals surface area contributed by atoms with Crippen LogP contribution in [0.25, 0.3) is 10.9 Å². The molecule has 5 heteroatoms. The number of nitrogens with zero attached hydrogens (tertiary/aromatic N) is 1. The summed E-state index contributed by atoms with van der Waals surface area (Å²) in [5.41, 5.74) is 1.50. The van der Waals surface area contributed by atoms with Gasteiger partial charge < -0.3 is 10.1 Å². The molecule has 0 fully saturated rings. The molecule has 1 heterocycles. The van der Waals surface area contributed by atoms with Crippen molar-refractivity contribution in [3.8, 4) is 0 Å². The van der Waals surface area contributed by atoms with Crippen molar-refractivity contribution in [1.29, 1.82) is 0 Å². The number of carbonyl (C=O) groups is 2. The van der Waals surface area contributed by atoms with Gasteiger partial charge in [-0.25, -0.2) is 0 Å². The number of carboxylic acids is 1. The summed E-state index contributed by atoms with van der Waals surface area (Å²) < 4.78 is 0. The van der Waals surface area contributed by atoms with E-state index in [0.29, 0.717) is 5.56 Å². The molecule has 0 bridgehead atoms. The molecule has 1 aromatic heterocycles. The molecule has 2 N–H and O–H groups in total. The zero-order valence-corrected chi connectivity index (χ0v) is 10.9. The Bertz CT molecular complexity index is 618. The summed E-state index contributed by atoms with van der Waals surface area (Å²) in [6, 6.07) is 7.07. The van der Waals surface area contributed by atoms with Crippen LogP contribution in [0.15, 0.2) is 30.5 Å². The maximum absolute atomic E-state index is 12.4. The van der Waals surface area contributed by atoms with Gasteiger partial charge in [-0.2, -0.15) is 0 Å². The largest absolute Gasteiger partial charge is 0.480 e. The fraction of sp³-hybridized carbons (Fsp3) is 0.286. The van der Waals surface area contributed by atoms with Crippen molar-refractivity contribution in [2.45, 2.75) is 13.0 Å². The number of hydrogen-bond acceptors (Lipinski definition) is 3. The van der Waals surface area contributed by atoms with E-state index in [1.54, 1.807) is 20.2 Å². The first-order valence-corrected chi connectivity index (χ1v) is 6.03. The van der Waals surface area contributed by atoms with Gasteiger partial charge in [-0.3, -0.25) is 14.5 Å². The number of Topliss-reactive ketones (excluding diaryl/α,β-unsaturated/α-hetero) is 1. The zero-order chi connectivity index (χ0) is 14.0. The Morgan fingerprint density at radius 1 is 1.37 bits per heavy atom. The molecule has 5 nitrogen and oxygen atoms in total. The van der Waals surface area contributed by atoms with Crippen LogP contribution in [0.4, 0.5) is 0 Å². The van der Waals surface area contributed by atoms with E-state index >= 15 is 0 Å². The van der Waals surface area contributed by atoms with E-state index in [1.165, 1.54) is 4.90 Å². The molecule has 19 heavy (non-hydrogen) atoms. The molecule has 1 atom stereocenters. The molecule has 100 valence electrons. The highest BCUT2D eigenvalue weighted by Crippen LogP contribution is 2.20. The summed E-state index contributed by atoms with van der Waals surface area (Å²) in [4.78, 5) is 27.6. The number of nitrogens with one attached hydrogen (secondary N) is 1. The first kappa shape index (κ1) is 13.3. The monoisotopic (exact) mass is 260 g/mol. The number of likely N-dealkylation sites (N-methyl/N-ethyl adjacent to an activating group) is 1. The van der Waals surface area contributed by atoms with E-state index in [4.69, 9.17) is 5.11 Å². The average molecular weight is 260 g/mol. The van der Waals surface area contributed by atoms with Crippen LogP contribution < -0.4 is 0 Å². The maximum atomic E-state index is 12.4. The Morgan fingerprint density at radius 3 is 2.74 bits per heavy atom. The van der Waals surface area contributed by atoms with Crippen LogP contribution in [0.3, 0.4) is 0 Å². The number of carboxylic acid groups (broad SMARTS) is 1. The van der Waals surface area contributed by atoms with E-state index in [2.05, 4.69) is 4.98 Å². The van der Waals surface area contributed by atoms with Gasteiger partial charge in [0.25, 0.3) is 0 Å². The first-order valence-electron chi connectivity index (χ1n) is 6.03. The molecule has 0 amide bonds. The molecule has 0 saturated carbocycles. The summed E-state index contributed by atoms with van der Waals surface area (Å²) in [5.74, 6) is -1.03. The van der Waals surface area contributed by atoms with Gasteiger partial charge in [0.05, 0.1) is 12.6 Å². The number of rotatable bonds is 5. The van der Waals surface area contributed by atoms with Crippen molar-refractivity contribution in [2.75, 3.05) is 13.6 Å². The van der Waals surface area contributed by atoms with E-state index in [-0.39, 0.29) is 12.3 Å². The van der Waals surface area contributed by atoms with Crippen LogP contribution in [0.2, 0.25) is 0 Å². The minimum atomic E-state index is -0.943. The predicted octanol–water partition coefficient (Wildman–Crippen LogP) is 1.76. The summed E-state index contributed by atoms with van der Waals surface area (Å²) in [7, 11) is 1.63. The lowest BCUT2D eigenvalue weighted by atomic mass is 10.0. The van der Waals surface area contributed by atoms with Crippen molar-refractivity contribution in [3.63, 3.8) is 0 Å². The molecule has 0 radical (unpaired) electrons. The minimum absolute atomic E-state index is 0.0822. The van der Waals surface area contributed by atoms with Crippen molar-refractivity contribution < 1.29 is 14.7 Å². The van der Waals surface area contributed by atoms with Crippen LogP contribution in [0.5, 0.6) is 0 Å². The topological polar surface area (TPSA) is 73.4 Å². The zero-order valence-electron chi connectivity index (χ0n) is 10.9. The van der Waals surface area contributed by atoms with Crippen molar-refractivity contribution in [2.24, 2.45) is 0 Å². The highest BCUT2D eigenvalue weighted by atomic mass is 16.4. The Balaban J connectivity index is 2.26. The normalized spacial score (nSPS) is 12.8. The Morgan fingerprint density at radius 2 is 2.05 bits per heavy atom. The van der Waals surface area contributed by atoms with Crippen LogP contribution >= 0.6 is 0 Å². The number of benzene rings is 1. The minimum Gasteiger partial charge on any atom is -0.480 e. The average Bonchev–Trinajstić information content (AvgIpc) is 2.80. The van der Waals surface area contributed by atoms with Crippen LogP contribution in [0, 0.1) is 0 Å². The van der Waals surface area contributed by atoms with E-state index in [1.807, 2.05) is 24.3 Å². The number of carbonyl (C=O) groups excluding carboxylic acids is 1. The summed E-state index contributed by atoms with van der Waals surface area (Å²) in [5, 5.41) is 9.62. The molecule has 0 aliphatic rings. The molecule has 0 saturated heterocycles. The lowest BCUT2D eigenvalue weighted by Gasteiger charge is -2.21. The van der Waals surface area contributed by atoms with Gasteiger partial charge in [0.1, 0.15) is 0 Å². The smallest absolute Gasteiger partial charge is 0.317 e. The number of aliphatic carboxylic acids is 1. The van der Waals surface area contributed by atoms with Gasteiger partial charge in [-0.1, -0.05) is 18.2 Å². The van der Waals surface area contributed by atoms with Gasteiger partial charge in [0.2, 0.25) is 0 Å². The second-order valence-corrected chi connectivity index (χ2v) is 4.60. The Labute approximate surface area is 110 Å². The number of hydrogen-bond donors (Lipinski definition) is 2. The van der Waals surface area contributed by atoms with E-state index in [9.17, 15) is 9.59 Å². The van der Waals surface area contributed by atoms with E-state index in [0.717, 1.165) is 10.9 Å². The molecule has 2 rings (SSSR count). The predicted molar refractivity (Wildman–Crippen MR) is 72.4 cm³/mol. The summed E-state index contributed by atoms with van der Waals surface area (Å²) in [6.07, 6.45) is 1.68. The Kier molecular flexibility index (Phi) is 3.66. The lowest BCUT2D eigenvalue weighted by Crippen LogP contribution is -2.39. The van der Waals surface area contributed by atoms with Crippen molar-refractivity contribution in [1.82, 2.24) is 9.88 Å². The second kappa shape index (κ2) is 5.24. The van der Waals surface area contributed by atoms with Gasteiger partial charge in [0.15, 0.2) is 5.78 Å². The van der Waals surface area contributed by atoms with Gasteiger partial charge in [-0.15, -0.1) is 0 Å².